The highest BCUT2D eigenvalue weighted by atomic mass is 32.2. The third-order valence-electron chi connectivity index (χ3n) is 6.59. The summed E-state index contributed by atoms with van der Waals surface area (Å²) in [5, 5.41) is 2.77. The van der Waals surface area contributed by atoms with Crippen LogP contribution in [0.4, 0.5) is 5.69 Å². The van der Waals surface area contributed by atoms with Gasteiger partial charge >= 0.3 is 0 Å². The van der Waals surface area contributed by atoms with E-state index < -0.39 is 15.9 Å². The number of benzene rings is 2. The summed E-state index contributed by atoms with van der Waals surface area (Å²) < 4.78 is 35.7. The number of rotatable bonds is 8. The van der Waals surface area contributed by atoms with Gasteiger partial charge in [0.05, 0.1) is 21.7 Å². The quantitative estimate of drug-likeness (QED) is 0.461. The number of nitrogens with zero attached hydrogens (tertiary/aromatic N) is 3. The van der Waals surface area contributed by atoms with E-state index in [-0.39, 0.29) is 16.8 Å². The third-order valence-corrected chi connectivity index (χ3v) is 9.55. The normalized spacial score (nSPS) is 15.4. The van der Waals surface area contributed by atoms with Gasteiger partial charge in [0.15, 0.2) is 4.80 Å². The van der Waals surface area contributed by atoms with E-state index in [0.29, 0.717) is 29.2 Å². The molecule has 1 aliphatic carbocycles. The van der Waals surface area contributed by atoms with E-state index in [2.05, 4.69) is 10.3 Å². The highest BCUT2D eigenvalue weighted by molar-refractivity contribution is 7.89. The summed E-state index contributed by atoms with van der Waals surface area (Å²) in [5.74, 6) is -0.636. The molecule has 198 valence electrons. The highest BCUT2D eigenvalue weighted by Crippen LogP contribution is 2.27. The summed E-state index contributed by atoms with van der Waals surface area (Å²) in [6.07, 6.45) is 4.96. The van der Waals surface area contributed by atoms with E-state index in [1.807, 2.05) is 16.7 Å². The first kappa shape index (κ1) is 27.2. The van der Waals surface area contributed by atoms with Gasteiger partial charge in [-0.3, -0.25) is 9.59 Å². The average Bonchev–Trinajstić information content (AvgIpc) is 3.22. The Balaban J connectivity index is 1.62. The fourth-order valence-corrected chi connectivity index (χ4v) is 7.08. The molecule has 0 bridgehead atoms. The first-order valence-electron chi connectivity index (χ1n) is 12.3. The number of carbonyl (C=O) groups is 2. The molecule has 1 heterocycles. The predicted molar refractivity (Wildman–Crippen MR) is 144 cm³/mol. The van der Waals surface area contributed by atoms with E-state index in [0.717, 1.165) is 42.3 Å². The molecule has 9 nitrogen and oxygen atoms in total. The smallest absolute Gasteiger partial charge is 0.279 e. The molecule has 4 rings (SSSR count). The minimum absolute atomic E-state index is 0.0109. The second-order valence-corrected chi connectivity index (χ2v) is 12.2. The Labute approximate surface area is 220 Å². The lowest BCUT2D eigenvalue weighted by atomic mass is 9.96. The lowest BCUT2D eigenvalue weighted by Crippen LogP contribution is -2.38. The molecule has 1 N–H and O–H groups in total. The molecule has 0 atom stereocenters. The molecule has 1 saturated carbocycles. The van der Waals surface area contributed by atoms with Gasteiger partial charge in [-0.15, -0.1) is 0 Å². The monoisotopic (exact) mass is 544 g/mol. The molecular weight excluding hydrogens is 512 g/mol. The number of nitrogens with one attached hydrogen (secondary N) is 1. The Bertz CT molecular complexity index is 1450. The SMILES string of the molecule is COCCn1c(=NC(=O)c2ccc(S(=O)(=O)N(C)C3CCCCC3)cc2)sc2cc(NC(C)=O)ccc21. The highest BCUT2D eigenvalue weighted by Gasteiger charge is 2.29. The van der Waals surface area contributed by atoms with Crippen molar-refractivity contribution >= 4 is 49.1 Å². The third kappa shape index (κ3) is 6.18. The topological polar surface area (TPSA) is 110 Å². The standard InChI is InChI=1S/C26H32N4O5S2/c1-18(31)27-20-11-14-23-24(17-20)36-26(30(23)15-16-35-3)28-25(32)19-9-12-22(13-10-19)37(33,34)29(2)21-7-5-4-6-8-21/h9-14,17,21H,4-8,15-16H2,1-3H3,(H,27,31). The van der Waals surface area contributed by atoms with Gasteiger partial charge in [-0.25, -0.2) is 8.42 Å². The van der Waals surface area contributed by atoms with Crippen LogP contribution in [0, 0.1) is 0 Å². The van der Waals surface area contributed by atoms with Crippen LogP contribution in [0.5, 0.6) is 0 Å². The maximum atomic E-state index is 13.1. The van der Waals surface area contributed by atoms with Crippen molar-refractivity contribution in [3.8, 4) is 0 Å². The summed E-state index contributed by atoms with van der Waals surface area (Å²) in [4.78, 5) is 29.5. The lowest BCUT2D eigenvalue weighted by molar-refractivity contribution is -0.114. The van der Waals surface area contributed by atoms with Crippen LogP contribution < -0.4 is 10.1 Å². The molecule has 2 amide bonds. The molecule has 0 spiro atoms. The summed E-state index contributed by atoms with van der Waals surface area (Å²) >= 11 is 1.33. The number of methoxy groups -OCH3 is 1. The van der Waals surface area contributed by atoms with Crippen LogP contribution >= 0.6 is 11.3 Å². The van der Waals surface area contributed by atoms with E-state index in [9.17, 15) is 18.0 Å². The van der Waals surface area contributed by atoms with E-state index in [1.54, 1.807) is 20.2 Å². The molecule has 0 aliphatic heterocycles. The zero-order valence-electron chi connectivity index (χ0n) is 21.3. The average molecular weight is 545 g/mol. The first-order valence-corrected chi connectivity index (χ1v) is 14.5. The van der Waals surface area contributed by atoms with Crippen LogP contribution in [0.2, 0.25) is 0 Å². The van der Waals surface area contributed by atoms with Crippen molar-refractivity contribution < 1.29 is 22.7 Å². The number of hydrogen-bond acceptors (Lipinski definition) is 6. The van der Waals surface area contributed by atoms with Crippen LogP contribution in [0.3, 0.4) is 0 Å². The Morgan fingerprint density at radius 3 is 2.49 bits per heavy atom. The molecule has 0 unspecified atom stereocenters. The maximum Gasteiger partial charge on any atom is 0.279 e. The Kier molecular flexibility index (Phi) is 8.58. The number of fused-ring (bicyclic) bond motifs is 1. The Morgan fingerprint density at radius 2 is 1.84 bits per heavy atom. The van der Waals surface area contributed by atoms with Crippen LogP contribution in [0.1, 0.15) is 49.4 Å². The van der Waals surface area contributed by atoms with Gasteiger partial charge in [0.2, 0.25) is 15.9 Å². The zero-order valence-corrected chi connectivity index (χ0v) is 22.9. The summed E-state index contributed by atoms with van der Waals surface area (Å²) in [5.41, 5.74) is 1.83. The molecule has 1 aliphatic rings. The fourth-order valence-electron chi connectivity index (χ4n) is 4.57. The van der Waals surface area contributed by atoms with Gasteiger partial charge in [-0.1, -0.05) is 30.6 Å². The van der Waals surface area contributed by atoms with Crippen LogP contribution in [-0.2, 0) is 26.1 Å². The molecule has 1 fully saturated rings. The number of aromatic nitrogens is 1. The van der Waals surface area contributed by atoms with Crippen molar-refractivity contribution in [2.24, 2.45) is 4.99 Å². The number of ether oxygens (including phenoxy) is 1. The molecule has 3 aromatic rings. The van der Waals surface area contributed by atoms with Gasteiger partial charge < -0.3 is 14.6 Å². The van der Waals surface area contributed by atoms with Gasteiger partial charge in [-0.05, 0) is 55.3 Å². The number of sulfonamides is 1. The van der Waals surface area contributed by atoms with Crippen molar-refractivity contribution in [3.05, 3.63) is 52.8 Å². The van der Waals surface area contributed by atoms with Crippen molar-refractivity contribution in [2.75, 3.05) is 26.1 Å². The molecule has 37 heavy (non-hydrogen) atoms. The lowest BCUT2D eigenvalue weighted by Gasteiger charge is -2.30. The zero-order chi connectivity index (χ0) is 26.6. The van der Waals surface area contributed by atoms with E-state index in [1.165, 1.54) is 46.8 Å². The van der Waals surface area contributed by atoms with Crippen molar-refractivity contribution in [1.82, 2.24) is 8.87 Å². The van der Waals surface area contributed by atoms with Crippen LogP contribution in [0.15, 0.2) is 52.4 Å². The second kappa shape index (κ2) is 11.7. The summed E-state index contributed by atoms with van der Waals surface area (Å²) in [7, 11) is -0.401. The van der Waals surface area contributed by atoms with E-state index >= 15 is 0 Å². The Morgan fingerprint density at radius 1 is 1.14 bits per heavy atom. The van der Waals surface area contributed by atoms with Crippen LogP contribution in [-0.4, -0.2) is 55.9 Å². The molecular formula is C26H32N4O5S2. The minimum atomic E-state index is -3.64. The van der Waals surface area contributed by atoms with Crippen molar-refractivity contribution in [2.45, 2.75) is 56.5 Å². The molecule has 2 aromatic carbocycles. The molecule has 11 heteroatoms. The minimum Gasteiger partial charge on any atom is -0.383 e. The summed E-state index contributed by atoms with van der Waals surface area (Å²) in [6, 6.07) is 11.5. The summed E-state index contributed by atoms with van der Waals surface area (Å²) in [6.45, 7) is 2.37. The Hall–Kier alpha value is -2.86. The second-order valence-electron chi connectivity index (χ2n) is 9.15. The maximum absolute atomic E-state index is 13.1. The van der Waals surface area contributed by atoms with E-state index in [4.69, 9.17) is 4.74 Å². The number of carbonyl (C=O) groups excluding carboxylic acids is 2. The van der Waals surface area contributed by atoms with Gasteiger partial charge in [0.25, 0.3) is 5.91 Å². The fraction of sp³-hybridized carbons (Fsp3) is 0.423. The van der Waals surface area contributed by atoms with Crippen molar-refractivity contribution in [1.29, 1.82) is 0 Å². The van der Waals surface area contributed by atoms with Crippen molar-refractivity contribution in [3.63, 3.8) is 0 Å². The largest absolute Gasteiger partial charge is 0.383 e. The molecule has 0 radical (unpaired) electrons. The molecule has 0 saturated heterocycles. The predicted octanol–water partition coefficient (Wildman–Crippen LogP) is 4.00. The molecule has 1 aromatic heterocycles. The van der Waals surface area contributed by atoms with Gasteiger partial charge in [0.1, 0.15) is 0 Å². The number of thiazole rings is 1. The van der Waals surface area contributed by atoms with Crippen LogP contribution in [0.25, 0.3) is 10.2 Å². The first-order chi connectivity index (χ1) is 17.7. The number of anilines is 1. The van der Waals surface area contributed by atoms with Gasteiger partial charge in [-0.2, -0.15) is 9.30 Å². The van der Waals surface area contributed by atoms with Gasteiger partial charge in [0, 0.05) is 44.9 Å². The number of hydrogen-bond donors (Lipinski definition) is 1. The number of amides is 2.